The summed E-state index contributed by atoms with van der Waals surface area (Å²) in [7, 11) is -3.09. The Bertz CT molecular complexity index is 1400. The molecule has 0 fully saturated rings. The van der Waals surface area contributed by atoms with E-state index in [1.165, 1.54) is 6.92 Å². The summed E-state index contributed by atoms with van der Waals surface area (Å²) >= 11 is 6.00. The van der Waals surface area contributed by atoms with Crippen LogP contribution < -0.4 is 11.2 Å². The molecule has 0 atom stereocenters. The molecule has 0 amide bonds. The van der Waals surface area contributed by atoms with Gasteiger partial charge in [-0.3, -0.25) is 9.36 Å². The zero-order valence-electron chi connectivity index (χ0n) is 15.0. The van der Waals surface area contributed by atoms with Crippen molar-refractivity contribution in [1.82, 2.24) is 14.1 Å². The van der Waals surface area contributed by atoms with Gasteiger partial charge in [0.2, 0.25) is 0 Å². The minimum Gasteiger partial charge on any atom is -0.356 e. The van der Waals surface area contributed by atoms with Gasteiger partial charge in [-0.05, 0) is 13.0 Å². The summed E-state index contributed by atoms with van der Waals surface area (Å²) < 4.78 is 78.5. The van der Waals surface area contributed by atoms with Crippen LogP contribution in [0.3, 0.4) is 0 Å². The van der Waals surface area contributed by atoms with Crippen LogP contribution in [0.15, 0.2) is 26.6 Å². The third-order valence-corrected chi connectivity index (χ3v) is 5.84. The fourth-order valence-electron chi connectivity index (χ4n) is 3.17. The maximum atomic E-state index is 14.7. The monoisotopic (exact) mass is 453 g/mol. The van der Waals surface area contributed by atoms with E-state index in [2.05, 4.69) is 4.98 Å². The third kappa shape index (κ3) is 3.25. The van der Waals surface area contributed by atoms with Crippen LogP contribution in [-0.4, -0.2) is 28.8 Å². The summed E-state index contributed by atoms with van der Waals surface area (Å²) in [4.78, 5) is 27.2. The van der Waals surface area contributed by atoms with Crippen molar-refractivity contribution in [2.45, 2.75) is 18.0 Å². The van der Waals surface area contributed by atoms with Gasteiger partial charge in [-0.1, -0.05) is 11.6 Å². The molecule has 7 nitrogen and oxygen atoms in total. The molecule has 0 bridgehead atoms. The molecule has 3 aromatic rings. The Balaban J connectivity index is 2.56. The second-order valence-electron chi connectivity index (χ2n) is 6.33. The highest BCUT2D eigenvalue weighted by molar-refractivity contribution is 7.91. The first-order valence-corrected chi connectivity index (χ1v) is 10.0. The first kappa shape index (κ1) is 21.1. The van der Waals surface area contributed by atoms with E-state index in [0.717, 1.165) is 13.3 Å². The molecule has 0 radical (unpaired) electrons. The van der Waals surface area contributed by atoms with Crippen LogP contribution in [0.25, 0.3) is 16.6 Å². The largest absolute Gasteiger partial charge is 0.431 e. The Morgan fingerprint density at radius 3 is 2.28 bits per heavy atom. The molecular formula is C16H12ClF4N3O4S. The number of sulfone groups is 1. The Labute approximate surface area is 165 Å². The lowest BCUT2D eigenvalue weighted by Crippen LogP contribution is -2.41. The van der Waals surface area contributed by atoms with Crippen molar-refractivity contribution in [2.75, 3.05) is 6.26 Å². The Morgan fingerprint density at radius 1 is 1.17 bits per heavy atom. The summed E-state index contributed by atoms with van der Waals surface area (Å²) in [6.07, 6.45) is -4.11. The minimum atomic E-state index is -4.99. The van der Waals surface area contributed by atoms with Crippen LogP contribution in [-0.2, 0) is 23.1 Å². The van der Waals surface area contributed by atoms with Gasteiger partial charge in [-0.25, -0.2) is 22.2 Å². The number of halogens is 5. The van der Waals surface area contributed by atoms with Gasteiger partial charge in [0, 0.05) is 30.4 Å². The molecule has 0 aliphatic rings. The molecule has 156 valence electrons. The summed E-state index contributed by atoms with van der Waals surface area (Å²) in [5.74, 6) is -1.21. The molecule has 2 heterocycles. The molecule has 0 unspecified atom stereocenters. The number of benzene rings is 1. The maximum Gasteiger partial charge on any atom is 0.431 e. The highest BCUT2D eigenvalue weighted by Crippen LogP contribution is 2.37. The van der Waals surface area contributed by atoms with E-state index in [9.17, 15) is 35.6 Å². The van der Waals surface area contributed by atoms with E-state index in [0.29, 0.717) is 6.07 Å². The molecule has 1 aromatic carbocycles. The zero-order valence-corrected chi connectivity index (χ0v) is 16.6. The lowest BCUT2D eigenvalue weighted by atomic mass is 10.2. The third-order valence-electron chi connectivity index (χ3n) is 4.29. The van der Waals surface area contributed by atoms with Gasteiger partial charge in [-0.15, -0.1) is 0 Å². The fraction of sp³-hybridized carbons (Fsp3) is 0.250. The van der Waals surface area contributed by atoms with Crippen LogP contribution >= 0.6 is 11.6 Å². The maximum absolute atomic E-state index is 14.7. The number of hydrogen-bond acceptors (Lipinski definition) is 4. The number of rotatable bonds is 2. The summed E-state index contributed by atoms with van der Waals surface area (Å²) in [5, 5.41) is -0.500. The van der Waals surface area contributed by atoms with Crippen molar-refractivity contribution < 1.29 is 26.0 Å². The van der Waals surface area contributed by atoms with Crippen LogP contribution in [0.4, 0.5) is 17.6 Å². The quantitative estimate of drug-likeness (QED) is 0.603. The molecule has 0 aliphatic carbocycles. The molecule has 0 saturated heterocycles. The van der Waals surface area contributed by atoms with Crippen LogP contribution in [0, 0.1) is 12.7 Å². The lowest BCUT2D eigenvalue weighted by Gasteiger charge is -2.15. The van der Waals surface area contributed by atoms with Crippen molar-refractivity contribution in [3.05, 3.63) is 55.2 Å². The average molecular weight is 454 g/mol. The first-order chi connectivity index (χ1) is 13.2. The molecule has 1 N–H and O–H groups in total. The predicted molar refractivity (Wildman–Crippen MR) is 97.0 cm³/mol. The van der Waals surface area contributed by atoms with Crippen LogP contribution in [0.5, 0.6) is 0 Å². The smallest absolute Gasteiger partial charge is 0.356 e. The number of H-pyrrole nitrogens is 1. The molecular weight excluding hydrogens is 442 g/mol. The standard InChI is InChI=1S/C16H12ClF4N3O4S/c1-6-14(29(3,27)28)11-7(17)4-8(18)13(12(11)22-6)24-10(25)5-9(16(19,20)21)23(2)15(24)26/h4-5,22H,1-3H3. The Morgan fingerprint density at radius 2 is 1.76 bits per heavy atom. The highest BCUT2D eigenvalue weighted by atomic mass is 35.5. The lowest BCUT2D eigenvalue weighted by molar-refractivity contribution is -0.144. The second kappa shape index (κ2) is 6.46. The first-order valence-electron chi connectivity index (χ1n) is 7.77. The summed E-state index contributed by atoms with van der Waals surface area (Å²) in [6, 6.07) is 0.833. The molecule has 29 heavy (non-hydrogen) atoms. The summed E-state index contributed by atoms with van der Waals surface area (Å²) in [5.41, 5.74) is -5.44. The Hall–Kier alpha value is -2.60. The molecule has 0 spiro atoms. The average Bonchev–Trinajstić information content (AvgIpc) is 2.90. The van der Waals surface area contributed by atoms with Crippen molar-refractivity contribution in [1.29, 1.82) is 0 Å². The van der Waals surface area contributed by atoms with Gasteiger partial charge in [-0.2, -0.15) is 13.2 Å². The van der Waals surface area contributed by atoms with E-state index in [-0.39, 0.29) is 41.7 Å². The number of alkyl halides is 3. The SMILES string of the molecule is Cc1[nH]c2c(-n3c(=O)cc(C(F)(F)F)n(C)c3=O)c(F)cc(Cl)c2c1S(C)(=O)=O. The van der Waals surface area contributed by atoms with Crippen molar-refractivity contribution in [3.63, 3.8) is 0 Å². The molecule has 3 rings (SSSR count). The molecule has 13 heteroatoms. The second-order valence-corrected chi connectivity index (χ2v) is 8.69. The zero-order chi connectivity index (χ0) is 22.0. The van der Waals surface area contributed by atoms with E-state index in [1.54, 1.807) is 0 Å². The number of aryl methyl sites for hydroxylation is 1. The van der Waals surface area contributed by atoms with E-state index in [4.69, 9.17) is 11.6 Å². The van der Waals surface area contributed by atoms with E-state index < -0.39 is 44.5 Å². The fourth-order valence-corrected chi connectivity index (χ4v) is 4.70. The van der Waals surface area contributed by atoms with E-state index in [1.807, 2.05) is 0 Å². The van der Waals surface area contributed by atoms with E-state index >= 15 is 0 Å². The Kier molecular flexibility index (Phi) is 4.70. The van der Waals surface area contributed by atoms with Crippen molar-refractivity contribution >= 4 is 32.3 Å². The number of aromatic nitrogens is 3. The van der Waals surface area contributed by atoms with Gasteiger partial charge in [0.15, 0.2) is 15.7 Å². The molecule has 2 aromatic heterocycles. The van der Waals surface area contributed by atoms with Gasteiger partial charge >= 0.3 is 11.9 Å². The number of hydrogen-bond donors (Lipinski definition) is 1. The topological polar surface area (TPSA) is 93.9 Å². The number of aromatic amines is 1. The normalized spacial score (nSPS) is 12.7. The van der Waals surface area contributed by atoms with Gasteiger partial charge in [0.25, 0.3) is 5.56 Å². The molecule has 0 saturated carbocycles. The van der Waals surface area contributed by atoms with Crippen molar-refractivity contribution in [2.24, 2.45) is 7.05 Å². The van der Waals surface area contributed by atoms with Gasteiger partial charge in [0.05, 0.1) is 15.4 Å². The van der Waals surface area contributed by atoms with Crippen LogP contribution in [0.2, 0.25) is 5.02 Å². The molecule has 0 aliphatic heterocycles. The van der Waals surface area contributed by atoms with Crippen LogP contribution in [0.1, 0.15) is 11.4 Å². The van der Waals surface area contributed by atoms with Gasteiger partial charge in [0.1, 0.15) is 11.4 Å². The minimum absolute atomic E-state index is 0.0491. The number of nitrogens with zero attached hydrogens (tertiary/aromatic N) is 2. The number of nitrogens with one attached hydrogen (secondary N) is 1. The predicted octanol–water partition coefficient (Wildman–Crippen LogP) is 2.54. The summed E-state index contributed by atoms with van der Waals surface area (Å²) in [6.45, 7) is 1.35. The van der Waals surface area contributed by atoms with Crippen molar-refractivity contribution in [3.8, 4) is 5.69 Å². The van der Waals surface area contributed by atoms with Gasteiger partial charge < -0.3 is 4.98 Å². The number of fused-ring (bicyclic) bond motifs is 1. The highest BCUT2D eigenvalue weighted by Gasteiger charge is 2.35.